The maximum absolute atomic E-state index is 13.0. The molecule has 3 aromatic carbocycles. The lowest BCUT2D eigenvalue weighted by atomic mass is 10.0. The first-order chi connectivity index (χ1) is 19.3. The molecule has 1 unspecified atom stereocenters. The summed E-state index contributed by atoms with van der Waals surface area (Å²) in [5, 5.41) is 22.8. The number of anilines is 1. The van der Waals surface area contributed by atoms with Crippen LogP contribution in [0.5, 0.6) is 0 Å². The molecule has 1 amide bonds. The van der Waals surface area contributed by atoms with Crippen LogP contribution < -0.4 is 5.32 Å². The number of hydrogen-bond donors (Lipinski definition) is 2. The van der Waals surface area contributed by atoms with Gasteiger partial charge in [0.25, 0.3) is 0 Å². The van der Waals surface area contributed by atoms with E-state index < -0.39 is 11.2 Å². The highest BCUT2D eigenvalue weighted by Crippen LogP contribution is 2.31. The van der Waals surface area contributed by atoms with Gasteiger partial charge in [0.05, 0.1) is 33.3 Å². The highest BCUT2D eigenvalue weighted by atomic mass is 32.2. The van der Waals surface area contributed by atoms with Crippen molar-refractivity contribution < 1.29 is 14.7 Å². The van der Waals surface area contributed by atoms with Crippen molar-refractivity contribution in [3.63, 3.8) is 0 Å². The average Bonchev–Trinajstić information content (AvgIpc) is 2.97. The van der Waals surface area contributed by atoms with E-state index in [1.807, 2.05) is 43.3 Å². The molecule has 0 aliphatic rings. The molecule has 0 radical (unpaired) electrons. The average molecular weight is 545 g/mol. The van der Waals surface area contributed by atoms with Crippen molar-refractivity contribution in [3.05, 3.63) is 108 Å². The molecule has 196 valence electrons. The van der Waals surface area contributed by atoms with E-state index in [4.69, 9.17) is 4.98 Å². The van der Waals surface area contributed by atoms with E-state index in [0.29, 0.717) is 32.9 Å². The van der Waals surface area contributed by atoms with Crippen molar-refractivity contribution in [2.45, 2.75) is 24.1 Å². The zero-order valence-electron chi connectivity index (χ0n) is 21.8. The third kappa shape index (κ3) is 5.55. The molecular weight excluding hydrogens is 520 g/mol. The van der Waals surface area contributed by atoms with Gasteiger partial charge in [0, 0.05) is 22.2 Å². The summed E-state index contributed by atoms with van der Waals surface area (Å²) in [5.41, 5.74) is 5.65. The number of pyridine rings is 2. The zero-order chi connectivity index (χ0) is 28.2. The number of benzene rings is 3. The number of nitrogens with one attached hydrogen (secondary N) is 1. The van der Waals surface area contributed by atoms with Gasteiger partial charge in [-0.15, -0.1) is 0 Å². The highest BCUT2D eigenvalue weighted by molar-refractivity contribution is 8.00. The molecule has 8 heteroatoms. The number of thioether (sulfide) groups is 1. The molecule has 0 fully saturated rings. The highest BCUT2D eigenvalue weighted by Gasteiger charge is 2.20. The van der Waals surface area contributed by atoms with Crippen LogP contribution >= 0.6 is 11.8 Å². The summed E-state index contributed by atoms with van der Waals surface area (Å²) in [6.45, 7) is 3.69. The molecule has 0 aliphatic heterocycles. The standard InChI is InChI=1S/C32H24N4O3S/c1-19-16-23(18-33)31(36-29(19)22-8-4-3-5-9-22)40-20(2)30(37)34-24-14-12-21(13-15-24)28-17-26(32(38)39)25-10-6-7-11-27(25)35-28/h3-17,20H,1-2H3,(H,34,37)(H,38,39). The van der Waals surface area contributed by atoms with E-state index >= 15 is 0 Å². The molecule has 0 saturated carbocycles. The van der Waals surface area contributed by atoms with Crippen LogP contribution in [0, 0.1) is 18.3 Å². The van der Waals surface area contributed by atoms with Gasteiger partial charge in [-0.25, -0.2) is 14.8 Å². The Morgan fingerprint density at radius 3 is 2.33 bits per heavy atom. The summed E-state index contributed by atoms with van der Waals surface area (Å²) in [4.78, 5) is 34.2. The van der Waals surface area contributed by atoms with Gasteiger partial charge in [0.2, 0.25) is 5.91 Å². The molecule has 5 aromatic rings. The topological polar surface area (TPSA) is 116 Å². The van der Waals surface area contributed by atoms with Crippen LogP contribution in [-0.4, -0.2) is 32.2 Å². The summed E-state index contributed by atoms with van der Waals surface area (Å²) in [6, 6.07) is 29.5. The number of aromatic carboxylic acids is 1. The second-order valence-corrected chi connectivity index (χ2v) is 10.5. The number of fused-ring (bicyclic) bond motifs is 1. The van der Waals surface area contributed by atoms with Crippen LogP contribution in [0.1, 0.15) is 28.4 Å². The van der Waals surface area contributed by atoms with Crippen molar-refractivity contribution in [1.29, 1.82) is 5.26 Å². The number of aryl methyl sites for hydroxylation is 1. The second-order valence-electron chi connectivity index (χ2n) is 9.19. The molecule has 0 bridgehead atoms. The predicted molar refractivity (Wildman–Crippen MR) is 157 cm³/mol. The van der Waals surface area contributed by atoms with E-state index in [2.05, 4.69) is 16.4 Å². The molecule has 5 rings (SSSR count). The van der Waals surface area contributed by atoms with Crippen molar-refractivity contribution in [2.24, 2.45) is 0 Å². The van der Waals surface area contributed by atoms with E-state index in [-0.39, 0.29) is 11.5 Å². The largest absolute Gasteiger partial charge is 0.478 e. The van der Waals surface area contributed by atoms with Crippen LogP contribution in [-0.2, 0) is 4.79 Å². The number of para-hydroxylation sites is 1. The third-order valence-corrected chi connectivity index (χ3v) is 7.50. The monoisotopic (exact) mass is 544 g/mol. The molecule has 2 aromatic heterocycles. The third-order valence-electron chi connectivity index (χ3n) is 6.40. The number of nitriles is 1. The number of carboxylic acid groups (broad SMARTS) is 1. The lowest BCUT2D eigenvalue weighted by molar-refractivity contribution is -0.115. The van der Waals surface area contributed by atoms with Gasteiger partial charge in [0.15, 0.2) is 0 Å². The second kappa shape index (κ2) is 11.4. The summed E-state index contributed by atoms with van der Waals surface area (Å²) < 4.78 is 0. The van der Waals surface area contributed by atoms with Crippen LogP contribution in [0.15, 0.2) is 96.0 Å². The fraction of sp³-hybridized carbons (Fsp3) is 0.0938. The molecule has 0 spiro atoms. The fourth-order valence-electron chi connectivity index (χ4n) is 4.34. The Bertz CT molecular complexity index is 1780. The summed E-state index contributed by atoms with van der Waals surface area (Å²) in [6.07, 6.45) is 0. The van der Waals surface area contributed by atoms with E-state index in [0.717, 1.165) is 22.4 Å². The van der Waals surface area contributed by atoms with Crippen molar-refractivity contribution in [2.75, 3.05) is 5.32 Å². The van der Waals surface area contributed by atoms with Crippen LogP contribution in [0.25, 0.3) is 33.4 Å². The van der Waals surface area contributed by atoms with Gasteiger partial charge in [-0.2, -0.15) is 5.26 Å². The minimum Gasteiger partial charge on any atom is -0.478 e. The minimum atomic E-state index is -1.02. The molecule has 2 N–H and O–H groups in total. The van der Waals surface area contributed by atoms with E-state index in [1.54, 1.807) is 61.5 Å². The molecule has 40 heavy (non-hydrogen) atoms. The van der Waals surface area contributed by atoms with Crippen molar-refractivity contribution in [1.82, 2.24) is 9.97 Å². The Morgan fingerprint density at radius 2 is 1.62 bits per heavy atom. The van der Waals surface area contributed by atoms with Gasteiger partial charge in [-0.05, 0) is 49.7 Å². The maximum atomic E-state index is 13.0. The number of rotatable bonds is 7. The quantitative estimate of drug-likeness (QED) is 0.213. The van der Waals surface area contributed by atoms with Gasteiger partial charge in [-0.1, -0.05) is 72.4 Å². The number of carbonyl (C=O) groups excluding carboxylic acids is 1. The Hall–Kier alpha value is -5.00. The SMILES string of the molecule is Cc1cc(C#N)c(SC(C)C(=O)Nc2ccc(-c3cc(C(=O)O)c4ccccc4n3)cc2)nc1-c1ccccc1. The lowest BCUT2D eigenvalue weighted by Gasteiger charge is -2.15. The van der Waals surface area contributed by atoms with Gasteiger partial charge in [-0.3, -0.25) is 4.79 Å². The number of carboxylic acids is 1. The number of nitrogens with zero attached hydrogens (tertiary/aromatic N) is 3. The normalized spacial score (nSPS) is 11.5. The van der Waals surface area contributed by atoms with Crippen molar-refractivity contribution >= 4 is 40.2 Å². The lowest BCUT2D eigenvalue weighted by Crippen LogP contribution is -2.22. The Balaban J connectivity index is 1.33. The molecule has 0 saturated heterocycles. The number of hydrogen-bond acceptors (Lipinski definition) is 6. The molecular formula is C32H24N4O3S. The number of carbonyl (C=O) groups is 2. The predicted octanol–water partition coefficient (Wildman–Crippen LogP) is 6.96. The minimum absolute atomic E-state index is 0.181. The Morgan fingerprint density at radius 1 is 0.925 bits per heavy atom. The first kappa shape index (κ1) is 26.6. The van der Waals surface area contributed by atoms with Gasteiger partial charge >= 0.3 is 5.97 Å². The first-order valence-electron chi connectivity index (χ1n) is 12.5. The zero-order valence-corrected chi connectivity index (χ0v) is 22.6. The molecule has 7 nitrogen and oxygen atoms in total. The Labute approximate surface area is 235 Å². The van der Waals surface area contributed by atoms with Crippen LogP contribution in [0.4, 0.5) is 5.69 Å². The first-order valence-corrected chi connectivity index (χ1v) is 13.4. The fourth-order valence-corrected chi connectivity index (χ4v) is 5.22. The number of amides is 1. The summed E-state index contributed by atoms with van der Waals surface area (Å²) in [5.74, 6) is -1.25. The van der Waals surface area contributed by atoms with E-state index in [1.165, 1.54) is 11.8 Å². The van der Waals surface area contributed by atoms with Crippen LogP contribution in [0.2, 0.25) is 0 Å². The Kier molecular flexibility index (Phi) is 7.58. The number of aromatic nitrogens is 2. The maximum Gasteiger partial charge on any atom is 0.336 e. The van der Waals surface area contributed by atoms with E-state index in [9.17, 15) is 20.0 Å². The van der Waals surface area contributed by atoms with Crippen LogP contribution in [0.3, 0.4) is 0 Å². The summed E-state index contributed by atoms with van der Waals surface area (Å²) in [7, 11) is 0. The summed E-state index contributed by atoms with van der Waals surface area (Å²) >= 11 is 1.23. The van der Waals surface area contributed by atoms with Crippen molar-refractivity contribution in [3.8, 4) is 28.6 Å². The molecule has 0 aliphatic carbocycles. The van der Waals surface area contributed by atoms with Gasteiger partial charge in [0.1, 0.15) is 11.1 Å². The smallest absolute Gasteiger partial charge is 0.336 e. The molecule has 1 atom stereocenters. The molecule has 2 heterocycles. The van der Waals surface area contributed by atoms with Gasteiger partial charge < -0.3 is 10.4 Å².